The highest BCUT2D eigenvalue weighted by Gasteiger charge is 2.65. The Kier molecular flexibility index (Phi) is 9.65. The first kappa shape index (κ1) is 34.8. The fraction of sp³-hybridized carbons (Fsp3) is 0.735. The molecule has 1 aromatic carbocycles. The summed E-state index contributed by atoms with van der Waals surface area (Å²) in [5, 5.41) is 0.996. The van der Waals surface area contributed by atoms with E-state index in [-0.39, 0.29) is 67.8 Å². The highest BCUT2D eigenvalue weighted by molar-refractivity contribution is 7.85. The van der Waals surface area contributed by atoms with Crippen LogP contribution in [0.25, 0.3) is 0 Å². The van der Waals surface area contributed by atoms with Gasteiger partial charge >= 0.3 is 5.97 Å². The number of benzene rings is 1. The Morgan fingerprint density at radius 1 is 0.979 bits per heavy atom. The quantitative estimate of drug-likeness (QED) is 0.173. The molecule has 2 N–H and O–H groups in total. The predicted octanol–water partition coefficient (Wildman–Crippen LogP) is 1.55. The first-order chi connectivity index (χ1) is 22.3. The normalized spacial score (nSPS) is 38.4. The smallest absolute Gasteiger partial charge is 0.323 e. The standard InChI is InChI=1S/C34H50N3O9P/c1-20(2)45-31(40)26(35)16-23-8-7-9-27-28(23)47(27,41)46-32(34(19-43-6)30(39)25-11-13-37(34)22(4)15-25)44-18-33(17-42-5)29(38)24-10-12-36(33)21(3)14-24/h7-9,20-22,24-26,32H,10-19,35H2,1-6H3/t21?,22-,24?,25?,26?,32?,33?,34-,47?/m1/s1. The number of hydrogen-bond donors (Lipinski definition) is 1. The lowest BCUT2D eigenvalue weighted by Crippen LogP contribution is -2.76. The molecule has 0 radical (unpaired) electrons. The third-order valence-corrected chi connectivity index (χ3v) is 13.4. The van der Waals surface area contributed by atoms with Crippen LogP contribution >= 0.6 is 7.37 Å². The second kappa shape index (κ2) is 13.0. The molecule has 0 aromatic heterocycles. The largest absolute Gasteiger partial charge is 0.462 e. The number of nitrogens with zero attached hydrogens (tertiary/aromatic N) is 2. The maximum atomic E-state index is 14.8. The van der Waals surface area contributed by atoms with Crippen LogP contribution in [0.2, 0.25) is 0 Å². The number of ketones is 2. The van der Waals surface area contributed by atoms with Crippen LogP contribution in [0.5, 0.6) is 0 Å². The van der Waals surface area contributed by atoms with Gasteiger partial charge in [-0.05, 0) is 71.4 Å². The maximum absolute atomic E-state index is 14.8. The van der Waals surface area contributed by atoms with Crippen molar-refractivity contribution in [1.82, 2.24) is 9.80 Å². The summed E-state index contributed by atoms with van der Waals surface area (Å²) in [5.74, 6) is -0.849. The summed E-state index contributed by atoms with van der Waals surface area (Å²) in [6.45, 7) is 9.07. The van der Waals surface area contributed by atoms with E-state index in [1.165, 1.54) is 7.11 Å². The topological polar surface area (TPSA) is 147 Å². The van der Waals surface area contributed by atoms with Crippen molar-refractivity contribution in [2.45, 2.75) is 101 Å². The lowest BCUT2D eigenvalue weighted by Gasteiger charge is -2.58. The molecule has 11 atom stereocenters. The zero-order chi connectivity index (χ0) is 33.9. The summed E-state index contributed by atoms with van der Waals surface area (Å²) >= 11 is 0. The van der Waals surface area contributed by atoms with Gasteiger partial charge in [0.1, 0.15) is 11.6 Å². The van der Waals surface area contributed by atoms with Gasteiger partial charge in [-0.2, -0.15) is 0 Å². The molecule has 1 aromatic rings. The van der Waals surface area contributed by atoms with Gasteiger partial charge in [-0.3, -0.25) is 33.3 Å². The van der Waals surface area contributed by atoms with Crippen molar-refractivity contribution in [1.29, 1.82) is 0 Å². The third kappa shape index (κ3) is 5.66. The Bertz CT molecular complexity index is 1460. The fourth-order valence-electron chi connectivity index (χ4n) is 8.96. The lowest BCUT2D eigenvalue weighted by molar-refractivity contribution is -0.232. The Balaban J connectivity index is 1.36. The maximum Gasteiger partial charge on any atom is 0.323 e. The minimum Gasteiger partial charge on any atom is -0.462 e. The van der Waals surface area contributed by atoms with Gasteiger partial charge in [0, 0.05) is 51.2 Å². The average Bonchev–Trinajstić information content (AvgIpc) is 3.63. The Morgan fingerprint density at radius 3 is 2.23 bits per heavy atom. The zero-order valence-corrected chi connectivity index (χ0v) is 29.3. The molecule has 13 heteroatoms. The van der Waals surface area contributed by atoms with Crippen LogP contribution in [0.4, 0.5) is 0 Å². The molecular formula is C34H50N3O9P. The number of Topliss-reactive ketones (excluding diaryl/α,β-unsaturated/α-hetero) is 2. The highest BCUT2D eigenvalue weighted by atomic mass is 31.2. The van der Waals surface area contributed by atoms with Crippen LogP contribution in [0.1, 0.15) is 58.9 Å². The van der Waals surface area contributed by atoms with Crippen LogP contribution in [-0.4, -0.2) is 116 Å². The van der Waals surface area contributed by atoms with Gasteiger partial charge in [0.15, 0.2) is 23.4 Å². The Hall–Kier alpha value is -2.02. The number of rotatable bonds is 14. The number of nitrogens with two attached hydrogens (primary N) is 1. The number of piperidine rings is 6. The van der Waals surface area contributed by atoms with Gasteiger partial charge in [0.05, 0.1) is 36.5 Å². The number of ether oxygens (including phenoxy) is 4. The van der Waals surface area contributed by atoms with Crippen LogP contribution in [0.15, 0.2) is 18.2 Å². The van der Waals surface area contributed by atoms with Crippen LogP contribution in [0.3, 0.4) is 0 Å². The van der Waals surface area contributed by atoms with Crippen LogP contribution in [-0.2, 0) is 48.8 Å². The van der Waals surface area contributed by atoms with Gasteiger partial charge in [-0.15, -0.1) is 0 Å². The van der Waals surface area contributed by atoms with E-state index in [4.69, 9.17) is 29.2 Å². The molecule has 6 fully saturated rings. The van der Waals surface area contributed by atoms with Crippen molar-refractivity contribution >= 4 is 35.5 Å². The van der Waals surface area contributed by atoms with Crippen molar-refractivity contribution in [2.24, 2.45) is 17.6 Å². The number of carbonyl (C=O) groups excluding carboxylic acids is 3. The van der Waals surface area contributed by atoms with Crippen molar-refractivity contribution in [3.63, 3.8) is 0 Å². The van der Waals surface area contributed by atoms with Gasteiger partial charge in [0.2, 0.25) is 0 Å². The summed E-state index contributed by atoms with van der Waals surface area (Å²) in [4.78, 5) is 45.2. The SMILES string of the molecule is COCC1(COC(OP2(=O)c3cccc(CC(N)C(=O)OC(C)C)c32)[C@@]2(COC)C(=O)C3CCN2[C@H](C)C3)C(=O)C2CCN1C(C)C2. The average molecular weight is 676 g/mol. The summed E-state index contributed by atoms with van der Waals surface area (Å²) < 4.78 is 44.9. The van der Waals surface area contributed by atoms with Crippen LogP contribution < -0.4 is 16.3 Å². The fourth-order valence-corrected chi connectivity index (χ4v) is 11.4. The molecule has 7 aliphatic rings. The van der Waals surface area contributed by atoms with E-state index < -0.39 is 36.7 Å². The van der Waals surface area contributed by atoms with Crippen molar-refractivity contribution in [3.05, 3.63) is 23.8 Å². The minimum atomic E-state index is -3.67. The zero-order valence-electron chi connectivity index (χ0n) is 28.4. The number of hydrogen-bond acceptors (Lipinski definition) is 12. The molecule has 0 spiro atoms. The first-order valence-electron chi connectivity index (χ1n) is 16.9. The van der Waals surface area contributed by atoms with E-state index in [1.54, 1.807) is 39.2 Å². The lowest BCUT2D eigenvalue weighted by atomic mass is 9.70. The Labute approximate surface area is 277 Å². The minimum absolute atomic E-state index is 0.0274. The third-order valence-electron chi connectivity index (χ3n) is 11.1. The van der Waals surface area contributed by atoms with E-state index in [9.17, 15) is 18.9 Å². The number of fused-ring (bicyclic) bond motifs is 7. The molecule has 4 bridgehead atoms. The summed E-state index contributed by atoms with van der Waals surface area (Å²) in [5.41, 5.74) is 4.39. The molecule has 8 rings (SSSR count). The second-order valence-corrected chi connectivity index (χ2v) is 16.7. The number of carbonyl (C=O) groups is 3. The molecule has 6 saturated heterocycles. The first-order valence-corrected chi connectivity index (χ1v) is 18.6. The van der Waals surface area contributed by atoms with E-state index >= 15 is 0 Å². The monoisotopic (exact) mass is 675 g/mol. The van der Waals surface area contributed by atoms with Gasteiger partial charge < -0.3 is 24.7 Å². The van der Waals surface area contributed by atoms with Crippen LogP contribution in [0, 0.1) is 11.8 Å². The van der Waals surface area contributed by atoms with Crippen molar-refractivity contribution in [3.8, 4) is 0 Å². The highest BCUT2D eigenvalue weighted by Crippen LogP contribution is 2.60. The molecule has 0 amide bonds. The summed E-state index contributed by atoms with van der Waals surface area (Å²) in [6.07, 6.45) is 1.47. The second-order valence-electron chi connectivity index (χ2n) is 14.5. The Morgan fingerprint density at radius 2 is 1.62 bits per heavy atom. The van der Waals surface area contributed by atoms with E-state index in [1.807, 2.05) is 0 Å². The molecule has 260 valence electrons. The molecule has 47 heavy (non-hydrogen) atoms. The van der Waals surface area contributed by atoms with E-state index in [0.29, 0.717) is 35.6 Å². The van der Waals surface area contributed by atoms with Gasteiger partial charge in [-0.25, -0.2) is 0 Å². The molecule has 7 aliphatic heterocycles. The number of methoxy groups -OCH3 is 2. The van der Waals surface area contributed by atoms with Crippen molar-refractivity contribution < 1.29 is 42.4 Å². The molecule has 0 aliphatic carbocycles. The van der Waals surface area contributed by atoms with Gasteiger partial charge in [-0.1, -0.05) is 12.1 Å². The molecule has 7 heterocycles. The molecular weight excluding hydrogens is 625 g/mol. The van der Waals surface area contributed by atoms with Crippen molar-refractivity contribution in [2.75, 3.05) is 47.1 Å². The molecule has 0 saturated carbocycles. The van der Waals surface area contributed by atoms with E-state index in [0.717, 1.165) is 19.4 Å². The summed E-state index contributed by atoms with van der Waals surface area (Å²) in [7, 11) is -0.561. The van der Waals surface area contributed by atoms with Gasteiger partial charge in [0.25, 0.3) is 7.37 Å². The predicted molar refractivity (Wildman–Crippen MR) is 174 cm³/mol. The molecule has 12 nitrogen and oxygen atoms in total. The number of esters is 1. The summed E-state index contributed by atoms with van der Waals surface area (Å²) in [6, 6.07) is 4.50. The molecule has 9 unspecified atom stereocenters. The van der Waals surface area contributed by atoms with E-state index in [2.05, 4.69) is 23.6 Å².